The van der Waals surface area contributed by atoms with Crippen LogP contribution in [0.4, 0.5) is 5.69 Å². The van der Waals surface area contributed by atoms with Crippen molar-refractivity contribution in [3.8, 4) is 0 Å². The quantitative estimate of drug-likeness (QED) is 0.390. The van der Waals surface area contributed by atoms with Crippen LogP contribution in [0.25, 0.3) is 16.6 Å². The van der Waals surface area contributed by atoms with Gasteiger partial charge in [0.25, 0.3) is 0 Å². The van der Waals surface area contributed by atoms with Crippen LogP contribution in [0.2, 0.25) is 0 Å². The first-order valence-electron chi connectivity index (χ1n) is 9.32. The number of benzene rings is 2. The zero-order valence-electron chi connectivity index (χ0n) is 16.7. The highest BCUT2D eigenvalue weighted by Gasteiger charge is 2.20. The van der Waals surface area contributed by atoms with E-state index in [1.165, 1.54) is 33.8 Å². The lowest BCUT2D eigenvalue weighted by Gasteiger charge is -2.14. The number of rotatable bonds is 4. The number of anilines is 1. The fraction of sp³-hybridized carbons (Fsp3) is 0.227. The molecule has 0 saturated carbocycles. The third-order valence-corrected chi connectivity index (χ3v) is 6.43. The minimum absolute atomic E-state index is 0.0712. The fourth-order valence-electron chi connectivity index (χ4n) is 3.48. The molecule has 0 aliphatic carbocycles. The first kappa shape index (κ1) is 19.9. The smallest absolute Gasteiger partial charge is 0.237 e. The van der Waals surface area contributed by atoms with Gasteiger partial charge in [0.2, 0.25) is 5.91 Å². The minimum Gasteiger partial charge on any atom is -0.325 e. The molecule has 29 heavy (non-hydrogen) atoms. The van der Waals surface area contributed by atoms with E-state index in [1.54, 1.807) is 0 Å². The number of nitrogens with zero attached hydrogens (tertiary/aromatic N) is 3. The van der Waals surface area contributed by atoms with Gasteiger partial charge in [-0.3, -0.25) is 9.20 Å². The van der Waals surface area contributed by atoms with Gasteiger partial charge in [0, 0.05) is 15.5 Å². The van der Waals surface area contributed by atoms with E-state index in [2.05, 4.69) is 68.7 Å². The lowest BCUT2D eigenvalue weighted by molar-refractivity contribution is -0.115. The normalized spacial score (nSPS) is 12.4. The number of fused-ring (bicyclic) bond motifs is 3. The van der Waals surface area contributed by atoms with Gasteiger partial charge in [0.15, 0.2) is 10.8 Å². The van der Waals surface area contributed by atoms with Crippen LogP contribution >= 0.6 is 27.7 Å². The summed E-state index contributed by atoms with van der Waals surface area (Å²) in [6.07, 6.45) is 0. The van der Waals surface area contributed by atoms with Crippen molar-refractivity contribution in [2.45, 2.75) is 38.1 Å². The molecule has 7 heteroatoms. The summed E-state index contributed by atoms with van der Waals surface area (Å²) in [5.41, 5.74) is 6.22. The molecule has 0 aliphatic rings. The summed E-state index contributed by atoms with van der Waals surface area (Å²) in [5, 5.41) is 13.3. The van der Waals surface area contributed by atoms with Crippen LogP contribution in [0, 0.1) is 20.8 Å². The number of hydrogen-bond acceptors (Lipinski definition) is 4. The standard InChI is InChI=1S/C22H21BrN4OS/c1-12-9-14(3)20-18(10-12)13(2)11-19-25-26-22(27(19)20)29-15(4)21(28)24-17-7-5-16(23)6-8-17/h5-11,15H,1-4H3,(H,24,28). The molecular weight excluding hydrogens is 448 g/mol. The maximum atomic E-state index is 12.7. The Balaban J connectivity index is 1.68. The monoisotopic (exact) mass is 468 g/mol. The van der Waals surface area contributed by atoms with Crippen molar-refractivity contribution in [3.63, 3.8) is 0 Å². The molecule has 148 valence electrons. The molecule has 2 aromatic heterocycles. The lowest BCUT2D eigenvalue weighted by Crippen LogP contribution is -2.22. The van der Waals surface area contributed by atoms with Gasteiger partial charge in [-0.1, -0.05) is 39.3 Å². The largest absolute Gasteiger partial charge is 0.325 e. The van der Waals surface area contributed by atoms with E-state index in [1.807, 2.05) is 37.3 Å². The first-order valence-corrected chi connectivity index (χ1v) is 11.0. The minimum atomic E-state index is -0.326. The van der Waals surface area contributed by atoms with Crippen molar-refractivity contribution in [1.29, 1.82) is 0 Å². The Bertz CT molecular complexity index is 1230. The number of carbonyl (C=O) groups excluding carboxylic acids is 1. The molecule has 0 bridgehead atoms. The number of pyridine rings is 1. The highest BCUT2D eigenvalue weighted by molar-refractivity contribution is 9.10. The Hall–Kier alpha value is -2.38. The Morgan fingerprint density at radius 1 is 1.07 bits per heavy atom. The third-order valence-electron chi connectivity index (χ3n) is 4.86. The molecule has 4 rings (SSSR count). The highest BCUT2D eigenvalue weighted by Crippen LogP contribution is 2.31. The second-order valence-electron chi connectivity index (χ2n) is 7.24. The molecule has 2 heterocycles. The van der Waals surface area contributed by atoms with Crippen molar-refractivity contribution >= 4 is 55.8 Å². The lowest BCUT2D eigenvalue weighted by atomic mass is 10.0. The molecular formula is C22H21BrN4OS. The van der Waals surface area contributed by atoms with Gasteiger partial charge in [0.05, 0.1) is 10.8 Å². The van der Waals surface area contributed by atoms with E-state index in [-0.39, 0.29) is 11.2 Å². The maximum Gasteiger partial charge on any atom is 0.237 e. The van der Waals surface area contributed by atoms with Crippen molar-refractivity contribution in [1.82, 2.24) is 14.6 Å². The summed E-state index contributed by atoms with van der Waals surface area (Å²) >= 11 is 4.82. The second-order valence-corrected chi connectivity index (χ2v) is 9.46. The number of amides is 1. The van der Waals surface area contributed by atoms with E-state index in [9.17, 15) is 4.79 Å². The molecule has 0 aliphatic heterocycles. The molecule has 1 N–H and O–H groups in total. The van der Waals surface area contributed by atoms with E-state index < -0.39 is 0 Å². The molecule has 1 atom stereocenters. The molecule has 1 unspecified atom stereocenters. The van der Waals surface area contributed by atoms with Crippen LogP contribution < -0.4 is 5.32 Å². The number of halogens is 1. The van der Waals surface area contributed by atoms with Crippen LogP contribution in [0.5, 0.6) is 0 Å². The molecule has 2 aromatic carbocycles. The van der Waals surface area contributed by atoms with Crippen LogP contribution in [0.15, 0.2) is 52.1 Å². The van der Waals surface area contributed by atoms with Crippen LogP contribution in [0.3, 0.4) is 0 Å². The summed E-state index contributed by atoms with van der Waals surface area (Å²) in [6.45, 7) is 8.18. The van der Waals surface area contributed by atoms with Crippen molar-refractivity contribution in [3.05, 3.63) is 63.6 Å². The molecule has 0 fully saturated rings. The Kier molecular flexibility index (Phi) is 5.36. The van der Waals surface area contributed by atoms with Gasteiger partial charge >= 0.3 is 0 Å². The van der Waals surface area contributed by atoms with E-state index in [0.29, 0.717) is 0 Å². The summed E-state index contributed by atoms with van der Waals surface area (Å²) in [7, 11) is 0. The zero-order valence-corrected chi connectivity index (χ0v) is 19.1. The molecule has 0 spiro atoms. The SMILES string of the molecule is Cc1cc(C)c2c(c1)c(C)cc1nnc(SC(C)C(=O)Nc3ccc(Br)cc3)n12. The first-order chi connectivity index (χ1) is 13.8. The highest BCUT2D eigenvalue weighted by atomic mass is 79.9. The fourth-order valence-corrected chi connectivity index (χ4v) is 4.60. The topological polar surface area (TPSA) is 59.3 Å². The summed E-state index contributed by atoms with van der Waals surface area (Å²) in [4.78, 5) is 12.7. The summed E-state index contributed by atoms with van der Waals surface area (Å²) in [5.74, 6) is -0.0712. The Morgan fingerprint density at radius 3 is 2.52 bits per heavy atom. The molecule has 0 radical (unpaired) electrons. The molecule has 1 amide bonds. The predicted molar refractivity (Wildman–Crippen MR) is 123 cm³/mol. The van der Waals surface area contributed by atoms with Gasteiger partial charge < -0.3 is 5.32 Å². The second kappa shape index (κ2) is 7.80. The van der Waals surface area contributed by atoms with Gasteiger partial charge in [-0.05, 0) is 75.2 Å². The van der Waals surface area contributed by atoms with Crippen molar-refractivity contribution in [2.75, 3.05) is 5.32 Å². The van der Waals surface area contributed by atoms with E-state index >= 15 is 0 Å². The summed E-state index contributed by atoms with van der Waals surface area (Å²) in [6, 6.07) is 13.9. The number of carbonyl (C=O) groups is 1. The van der Waals surface area contributed by atoms with Crippen LogP contribution in [-0.4, -0.2) is 25.8 Å². The Morgan fingerprint density at radius 2 is 1.79 bits per heavy atom. The predicted octanol–water partition coefficient (Wildman–Crippen LogP) is 5.69. The van der Waals surface area contributed by atoms with Crippen LogP contribution in [0.1, 0.15) is 23.6 Å². The summed E-state index contributed by atoms with van der Waals surface area (Å²) < 4.78 is 3.03. The number of aromatic nitrogens is 3. The maximum absolute atomic E-state index is 12.7. The zero-order chi connectivity index (χ0) is 20.7. The average molecular weight is 469 g/mol. The van der Waals surface area contributed by atoms with Crippen LogP contribution in [-0.2, 0) is 4.79 Å². The van der Waals surface area contributed by atoms with E-state index in [4.69, 9.17) is 0 Å². The third kappa shape index (κ3) is 3.89. The average Bonchev–Trinajstić information content (AvgIpc) is 3.05. The number of thioether (sulfide) groups is 1. The number of nitrogens with one attached hydrogen (secondary N) is 1. The molecule has 0 saturated heterocycles. The molecule has 4 aromatic rings. The molecule has 5 nitrogen and oxygen atoms in total. The van der Waals surface area contributed by atoms with Crippen molar-refractivity contribution in [2.24, 2.45) is 0 Å². The van der Waals surface area contributed by atoms with Gasteiger partial charge in [-0.2, -0.15) is 0 Å². The van der Waals surface area contributed by atoms with E-state index in [0.717, 1.165) is 26.5 Å². The van der Waals surface area contributed by atoms with Gasteiger partial charge in [-0.25, -0.2) is 0 Å². The van der Waals surface area contributed by atoms with Gasteiger partial charge in [0.1, 0.15) is 0 Å². The Labute approximate surface area is 182 Å². The number of hydrogen-bond donors (Lipinski definition) is 1. The van der Waals surface area contributed by atoms with Gasteiger partial charge in [-0.15, -0.1) is 10.2 Å². The van der Waals surface area contributed by atoms with Crippen molar-refractivity contribution < 1.29 is 4.79 Å². The number of aryl methyl sites for hydroxylation is 3.